The van der Waals surface area contributed by atoms with Gasteiger partial charge in [-0.25, -0.2) is 0 Å². The van der Waals surface area contributed by atoms with Gasteiger partial charge in [-0.1, -0.05) is 18.5 Å². The van der Waals surface area contributed by atoms with E-state index in [0.29, 0.717) is 12.3 Å². The maximum atomic E-state index is 10.3. The van der Waals surface area contributed by atoms with Gasteiger partial charge in [0.25, 0.3) is 0 Å². The highest BCUT2D eigenvalue weighted by molar-refractivity contribution is 7.99. The van der Waals surface area contributed by atoms with E-state index in [0.717, 1.165) is 41.5 Å². The monoisotopic (exact) mass is 288 g/mol. The summed E-state index contributed by atoms with van der Waals surface area (Å²) in [5.74, 6) is 2.65. The molecule has 1 aliphatic heterocycles. The number of aliphatic hydroxyl groups is 1. The molecule has 2 atom stereocenters. The van der Waals surface area contributed by atoms with Gasteiger partial charge in [-0.2, -0.15) is 16.9 Å². The van der Waals surface area contributed by atoms with Crippen molar-refractivity contribution in [1.82, 2.24) is 9.78 Å². The van der Waals surface area contributed by atoms with Crippen LogP contribution in [0.5, 0.6) is 0 Å². The molecule has 5 heteroatoms. The highest BCUT2D eigenvalue weighted by atomic mass is 35.5. The average molecular weight is 289 g/mol. The molecule has 1 fully saturated rings. The number of aromatic nitrogens is 2. The zero-order chi connectivity index (χ0) is 13.1. The second kappa shape index (κ2) is 6.31. The molecule has 0 amide bonds. The molecule has 1 aromatic heterocycles. The van der Waals surface area contributed by atoms with E-state index >= 15 is 0 Å². The first-order valence-corrected chi connectivity index (χ1v) is 8.20. The predicted octanol–water partition coefficient (Wildman–Crippen LogP) is 2.78. The van der Waals surface area contributed by atoms with Gasteiger partial charge in [-0.3, -0.25) is 4.68 Å². The van der Waals surface area contributed by atoms with E-state index < -0.39 is 0 Å². The van der Waals surface area contributed by atoms with Crippen molar-refractivity contribution in [3.63, 3.8) is 0 Å². The smallest absolute Gasteiger partial charge is 0.0850 e. The SMILES string of the molecule is CCc1nn(CC)c(CC(O)C2CCSC2)c1Cl. The van der Waals surface area contributed by atoms with Crippen LogP contribution in [0.15, 0.2) is 0 Å². The molecular weight excluding hydrogens is 268 g/mol. The number of aryl methyl sites for hydroxylation is 2. The summed E-state index contributed by atoms with van der Waals surface area (Å²) in [5, 5.41) is 15.6. The summed E-state index contributed by atoms with van der Waals surface area (Å²) in [6.45, 7) is 4.92. The molecule has 1 aromatic rings. The fraction of sp³-hybridized carbons (Fsp3) is 0.769. The molecule has 2 rings (SSSR count). The number of halogens is 1. The van der Waals surface area contributed by atoms with Crippen LogP contribution in [0.25, 0.3) is 0 Å². The molecule has 2 heterocycles. The van der Waals surface area contributed by atoms with E-state index in [-0.39, 0.29) is 6.10 Å². The molecule has 1 N–H and O–H groups in total. The Hall–Kier alpha value is -0.190. The molecule has 1 aliphatic rings. The highest BCUT2D eigenvalue weighted by Crippen LogP contribution is 2.30. The third-order valence-electron chi connectivity index (χ3n) is 3.61. The second-order valence-corrected chi connectivity index (χ2v) is 6.30. The quantitative estimate of drug-likeness (QED) is 0.905. The lowest BCUT2D eigenvalue weighted by molar-refractivity contribution is 0.118. The minimum absolute atomic E-state index is 0.288. The molecule has 3 nitrogen and oxygen atoms in total. The van der Waals surface area contributed by atoms with Crippen LogP contribution in [-0.4, -0.2) is 32.5 Å². The fourth-order valence-electron chi connectivity index (χ4n) is 2.43. The van der Waals surface area contributed by atoms with Gasteiger partial charge in [0.05, 0.1) is 22.5 Å². The first-order chi connectivity index (χ1) is 8.67. The highest BCUT2D eigenvalue weighted by Gasteiger charge is 2.26. The molecule has 2 unspecified atom stereocenters. The van der Waals surface area contributed by atoms with Crippen molar-refractivity contribution in [2.75, 3.05) is 11.5 Å². The lowest BCUT2D eigenvalue weighted by Gasteiger charge is -2.17. The van der Waals surface area contributed by atoms with E-state index in [1.807, 2.05) is 16.4 Å². The molecule has 0 spiro atoms. The van der Waals surface area contributed by atoms with Crippen LogP contribution in [0.1, 0.15) is 31.7 Å². The Kier molecular flexibility index (Phi) is 4.98. The number of aliphatic hydroxyl groups excluding tert-OH is 1. The Bertz CT molecular complexity index is 402. The van der Waals surface area contributed by atoms with Crippen molar-refractivity contribution in [3.8, 4) is 0 Å². The minimum atomic E-state index is -0.288. The van der Waals surface area contributed by atoms with Crippen molar-refractivity contribution < 1.29 is 5.11 Å². The summed E-state index contributed by atoms with van der Waals surface area (Å²) in [7, 11) is 0. The predicted molar refractivity (Wildman–Crippen MR) is 77.4 cm³/mol. The number of thioether (sulfide) groups is 1. The first-order valence-electron chi connectivity index (χ1n) is 6.67. The zero-order valence-corrected chi connectivity index (χ0v) is 12.6. The number of nitrogens with zero attached hydrogens (tertiary/aromatic N) is 2. The summed E-state index contributed by atoms with van der Waals surface area (Å²) in [6.07, 6.45) is 2.30. The Morgan fingerprint density at radius 1 is 1.56 bits per heavy atom. The van der Waals surface area contributed by atoms with Gasteiger partial charge >= 0.3 is 0 Å². The Morgan fingerprint density at radius 2 is 2.33 bits per heavy atom. The Morgan fingerprint density at radius 3 is 2.89 bits per heavy atom. The van der Waals surface area contributed by atoms with Gasteiger partial charge in [0.15, 0.2) is 0 Å². The largest absolute Gasteiger partial charge is 0.392 e. The summed E-state index contributed by atoms with van der Waals surface area (Å²) < 4.78 is 1.94. The maximum Gasteiger partial charge on any atom is 0.0850 e. The number of hydrogen-bond acceptors (Lipinski definition) is 3. The first kappa shape index (κ1) is 14.2. The third-order valence-corrected chi connectivity index (χ3v) is 5.23. The van der Waals surface area contributed by atoms with Gasteiger partial charge < -0.3 is 5.11 Å². The number of rotatable bonds is 5. The maximum absolute atomic E-state index is 10.3. The van der Waals surface area contributed by atoms with Crippen LogP contribution in [0.2, 0.25) is 5.02 Å². The third kappa shape index (κ3) is 2.86. The Labute approximate surface area is 118 Å². The zero-order valence-electron chi connectivity index (χ0n) is 11.0. The van der Waals surface area contributed by atoms with Gasteiger partial charge in [0.2, 0.25) is 0 Å². The van der Waals surface area contributed by atoms with Crippen LogP contribution in [0, 0.1) is 5.92 Å². The van der Waals surface area contributed by atoms with Gasteiger partial charge in [-0.05, 0) is 37.2 Å². The molecule has 0 saturated carbocycles. The lowest BCUT2D eigenvalue weighted by atomic mass is 9.98. The molecule has 1 saturated heterocycles. The minimum Gasteiger partial charge on any atom is -0.392 e. The fourth-order valence-corrected chi connectivity index (χ4v) is 4.11. The van der Waals surface area contributed by atoms with Crippen molar-refractivity contribution in [2.24, 2.45) is 5.92 Å². The van der Waals surface area contributed by atoms with Crippen molar-refractivity contribution in [1.29, 1.82) is 0 Å². The summed E-state index contributed by atoms with van der Waals surface area (Å²) >= 11 is 8.29. The summed E-state index contributed by atoms with van der Waals surface area (Å²) in [6, 6.07) is 0. The molecule has 0 radical (unpaired) electrons. The van der Waals surface area contributed by atoms with E-state index in [4.69, 9.17) is 11.6 Å². The summed E-state index contributed by atoms with van der Waals surface area (Å²) in [4.78, 5) is 0. The lowest BCUT2D eigenvalue weighted by Crippen LogP contribution is -2.24. The molecule has 18 heavy (non-hydrogen) atoms. The van der Waals surface area contributed by atoms with E-state index in [1.54, 1.807) is 0 Å². The van der Waals surface area contributed by atoms with Crippen LogP contribution in [-0.2, 0) is 19.4 Å². The molecule has 102 valence electrons. The van der Waals surface area contributed by atoms with Crippen molar-refractivity contribution >= 4 is 23.4 Å². The Balaban J connectivity index is 2.14. The van der Waals surface area contributed by atoms with Gasteiger partial charge in [0, 0.05) is 13.0 Å². The van der Waals surface area contributed by atoms with Gasteiger partial charge in [-0.15, -0.1) is 0 Å². The van der Waals surface area contributed by atoms with Crippen LogP contribution in [0.4, 0.5) is 0 Å². The van der Waals surface area contributed by atoms with Gasteiger partial charge in [0.1, 0.15) is 0 Å². The van der Waals surface area contributed by atoms with Crippen molar-refractivity contribution in [2.45, 2.75) is 45.8 Å². The summed E-state index contributed by atoms with van der Waals surface area (Å²) in [5.41, 5.74) is 1.95. The standard InChI is InChI=1S/C13H21ClN2OS/c1-3-10-13(14)11(16(4-2)15-10)7-12(17)9-5-6-18-8-9/h9,12,17H,3-8H2,1-2H3. The second-order valence-electron chi connectivity index (χ2n) is 4.77. The van der Waals surface area contributed by atoms with E-state index in [1.165, 1.54) is 5.75 Å². The van der Waals surface area contributed by atoms with Crippen molar-refractivity contribution in [3.05, 3.63) is 16.4 Å². The topological polar surface area (TPSA) is 38.0 Å². The van der Waals surface area contributed by atoms with Crippen LogP contribution < -0.4 is 0 Å². The molecule has 0 aliphatic carbocycles. The molecule has 0 bridgehead atoms. The van der Waals surface area contributed by atoms with Crippen LogP contribution in [0.3, 0.4) is 0 Å². The molecule has 0 aromatic carbocycles. The average Bonchev–Trinajstić information content (AvgIpc) is 2.99. The normalized spacial score (nSPS) is 21.4. The van der Waals surface area contributed by atoms with E-state index in [9.17, 15) is 5.11 Å². The van der Waals surface area contributed by atoms with E-state index in [2.05, 4.69) is 18.9 Å². The number of hydrogen-bond donors (Lipinski definition) is 1. The molecular formula is C13H21ClN2OS. The van der Waals surface area contributed by atoms with Crippen LogP contribution >= 0.6 is 23.4 Å².